The van der Waals surface area contributed by atoms with Crippen LogP contribution >= 0.6 is 11.6 Å². The van der Waals surface area contributed by atoms with Gasteiger partial charge in [-0.25, -0.2) is 0 Å². The van der Waals surface area contributed by atoms with Crippen molar-refractivity contribution in [1.29, 1.82) is 0 Å². The molecule has 0 spiro atoms. The van der Waals surface area contributed by atoms with Crippen molar-refractivity contribution in [3.05, 3.63) is 64.2 Å². The molecule has 0 heterocycles. The Balaban J connectivity index is 2.01. The van der Waals surface area contributed by atoms with E-state index in [1.54, 1.807) is 30.3 Å². The van der Waals surface area contributed by atoms with Crippen molar-refractivity contribution < 1.29 is 19.1 Å². The number of methoxy groups -OCH3 is 1. The van der Waals surface area contributed by atoms with Crippen molar-refractivity contribution in [2.24, 2.45) is 0 Å². The van der Waals surface area contributed by atoms with Crippen LogP contribution in [0.1, 0.15) is 28.4 Å². The van der Waals surface area contributed by atoms with Gasteiger partial charge >= 0.3 is 0 Å². The maximum atomic E-state index is 12.1. The molecule has 0 saturated heterocycles. The largest absolute Gasteiger partial charge is 0.493 e. The quantitative estimate of drug-likeness (QED) is 0.586. The van der Waals surface area contributed by atoms with Crippen molar-refractivity contribution in [1.82, 2.24) is 10.9 Å². The summed E-state index contributed by atoms with van der Waals surface area (Å²) in [7, 11) is 1.51. The van der Waals surface area contributed by atoms with E-state index in [4.69, 9.17) is 21.1 Å². The van der Waals surface area contributed by atoms with E-state index in [-0.39, 0.29) is 5.91 Å². The summed E-state index contributed by atoms with van der Waals surface area (Å²) in [5.74, 6) is 0.0487. The highest BCUT2D eigenvalue weighted by atomic mass is 35.5. The molecule has 0 unspecified atom stereocenters. The van der Waals surface area contributed by atoms with Crippen molar-refractivity contribution in [3.8, 4) is 11.5 Å². The van der Waals surface area contributed by atoms with E-state index in [1.807, 2.05) is 26.0 Å². The molecule has 27 heavy (non-hydrogen) atoms. The molecule has 0 radical (unpaired) electrons. The summed E-state index contributed by atoms with van der Waals surface area (Å²) in [4.78, 5) is 24.0. The Labute approximate surface area is 163 Å². The summed E-state index contributed by atoms with van der Waals surface area (Å²) in [6, 6.07) is 10.5. The molecule has 2 rings (SSSR count). The Hall–Kier alpha value is -2.99. The first-order valence-corrected chi connectivity index (χ1v) is 8.68. The van der Waals surface area contributed by atoms with E-state index < -0.39 is 5.91 Å². The van der Waals surface area contributed by atoms with Gasteiger partial charge in [0.1, 0.15) is 0 Å². The minimum atomic E-state index is -0.485. The Morgan fingerprint density at radius 3 is 2.59 bits per heavy atom. The van der Waals surface area contributed by atoms with Crippen LogP contribution in [0.15, 0.2) is 42.5 Å². The van der Waals surface area contributed by atoms with Crippen LogP contribution in [0.3, 0.4) is 0 Å². The number of ether oxygens (including phenoxy) is 2. The molecule has 2 amide bonds. The van der Waals surface area contributed by atoms with Crippen LogP contribution in [-0.4, -0.2) is 25.5 Å². The third kappa shape index (κ3) is 5.49. The molecule has 0 atom stereocenters. The first-order valence-electron chi connectivity index (χ1n) is 8.30. The molecule has 7 heteroatoms. The summed E-state index contributed by atoms with van der Waals surface area (Å²) >= 11 is 6.20. The van der Waals surface area contributed by atoms with Gasteiger partial charge in [0, 0.05) is 11.6 Å². The van der Waals surface area contributed by atoms with Gasteiger partial charge in [-0.2, -0.15) is 0 Å². The molecule has 0 aliphatic heterocycles. The van der Waals surface area contributed by atoms with E-state index in [0.29, 0.717) is 34.3 Å². The van der Waals surface area contributed by atoms with E-state index in [9.17, 15) is 9.59 Å². The number of hydrogen-bond donors (Lipinski definition) is 2. The Morgan fingerprint density at radius 1 is 1.19 bits per heavy atom. The van der Waals surface area contributed by atoms with Gasteiger partial charge in [0.2, 0.25) is 0 Å². The second kappa shape index (κ2) is 9.64. The van der Waals surface area contributed by atoms with Gasteiger partial charge in [-0.05, 0) is 49.2 Å². The van der Waals surface area contributed by atoms with E-state index in [2.05, 4.69) is 10.9 Å². The Morgan fingerprint density at radius 2 is 1.93 bits per heavy atom. The maximum Gasteiger partial charge on any atom is 0.269 e. The van der Waals surface area contributed by atoms with Gasteiger partial charge in [0.15, 0.2) is 11.5 Å². The van der Waals surface area contributed by atoms with Crippen LogP contribution in [-0.2, 0) is 4.79 Å². The van der Waals surface area contributed by atoms with Crippen LogP contribution in [0.4, 0.5) is 0 Å². The molecule has 2 aromatic carbocycles. The lowest BCUT2D eigenvalue weighted by Gasteiger charge is -2.12. The lowest BCUT2D eigenvalue weighted by molar-refractivity contribution is -0.117. The zero-order valence-corrected chi connectivity index (χ0v) is 16.1. The average molecular weight is 389 g/mol. The third-order valence-electron chi connectivity index (χ3n) is 3.66. The highest BCUT2D eigenvalue weighted by Crippen LogP contribution is 2.36. The summed E-state index contributed by atoms with van der Waals surface area (Å²) in [5.41, 5.74) is 6.67. The molecule has 0 fully saturated rings. The fourth-order valence-electron chi connectivity index (χ4n) is 2.35. The molecule has 0 aliphatic rings. The van der Waals surface area contributed by atoms with Gasteiger partial charge in [0.05, 0.1) is 18.7 Å². The van der Waals surface area contributed by atoms with Crippen LogP contribution in [0.25, 0.3) is 6.08 Å². The van der Waals surface area contributed by atoms with E-state index in [1.165, 1.54) is 13.2 Å². The molecular formula is C20H21ClN2O4. The fraction of sp³-hybridized carbons (Fsp3) is 0.200. The second-order valence-corrected chi connectivity index (χ2v) is 5.97. The average Bonchev–Trinajstić information content (AvgIpc) is 2.66. The number of aryl methyl sites for hydroxylation is 1. The van der Waals surface area contributed by atoms with Gasteiger partial charge in [0.25, 0.3) is 11.8 Å². The van der Waals surface area contributed by atoms with Gasteiger partial charge < -0.3 is 9.47 Å². The number of nitrogens with one attached hydrogen (secondary N) is 2. The van der Waals surface area contributed by atoms with Crippen LogP contribution < -0.4 is 20.3 Å². The van der Waals surface area contributed by atoms with Gasteiger partial charge in [-0.15, -0.1) is 0 Å². The topological polar surface area (TPSA) is 76.7 Å². The Bertz CT molecular complexity index is 865. The molecule has 2 N–H and O–H groups in total. The summed E-state index contributed by atoms with van der Waals surface area (Å²) in [6.45, 7) is 4.12. The number of halogens is 1. The molecule has 0 aromatic heterocycles. The zero-order chi connectivity index (χ0) is 19.8. The zero-order valence-electron chi connectivity index (χ0n) is 15.3. The minimum absolute atomic E-state index is 0.379. The SMILES string of the molecule is CCOc1c(Cl)cc(/C=C/C(=O)NNC(=O)c2ccccc2C)cc1OC. The molecule has 0 bridgehead atoms. The second-order valence-electron chi connectivity index (χ2n) is 5.56. The van der Waals surface area contributed by atoms with Crippen LogP contribution in [0, 0.1) is 6.92 Å². The number of rotatable bonds is 6. The van der Waals surface area contributed by atoms with Crippen molar-refractivity contribution in [3.63, 3.8) is 0 Å². The van der Waals surface area contributed by atoms with Crippen molar-refractivity contribution in [2.45, 2.75) is 13.8 Å². The summed E-state index contributed by atoms with van der Waals surface area (Å²) in [6.07, 6.45) is 2.84. The summed E-state index contributed by atoms with van der Waals surface area (Å²) in [5, 5.41) is 0.379. The summed E-state index contributed by atoms with van der Waals surface area (Å²) < 4.78 is 10.7. The third-order valence-corrected chi connectivity index (χ3v) is 3.94. The fourth-order valence-corrected chi connectivity index (χ4v) is 2.62. The van der Waals surface area contributed by atoms with Crippen LogP contribution in [0.2, 0.25) is 5.02 Å². The van der Waals surface area contributed by atoms with E-state index >= 15 is 0 Å². The standard InChI is InChI=1S/C20H21ClN2O4/c1-4-27-19-16(21)11-14(12-17(19)26-3)9-10-18(24)22-23-20(25)15-8-6-5-7-13(15)2/h5-12H,4H2,1-3H3,(H,22,24)(H,23,25)/b10-9+. The Kier molecular flexibility index (Phi) is 7.25. The van der Waals surface area contributed by atoms with Crippen molar-refractivity contribution in [2.75, 3.05) is 13.7 Å². The lowest BCUT2D eigenvalue weighted by atomic mass is 10.1. The molecule has 142 valence electrons. The van der Waals surface area contributed by atoms with Gasteiger partial charge in [-0.3, -0.25) is 20.4 Å². The number of benzene rings is 2. The van der Waals surface area contributed by atoms with Crippen molar-refractivity contribution >= 4 is 29.5 Å². The highest BCUT2D eigenvalue weighted by molar-refractivity contribution is 6.32. The number of hydrazine groups is 1. The monoisotopic (exact) mass is 388 g/mol. The molecule has 6 nitrogen and oxygen atoms in total. The number of hydrogen-bond acceptors (Lipinski definition) is 4. The molecule has 0 aliphatic carbocycles. The highest BCUT2D eigenvalue weighted by Gasteiger charge is 2.11. The first kappa shape index (κ1) is 20.3. The minimum Gasteiger partial charge on any atom is -0.493 e. The number of carbonyl (C=O) groups is 2. The first-order chi connectivity index (χ1) is 13.0. The predicted molar refractivity (Wildman–Crippen MR) is 105 cm³/mol. The smallest absolute Gasteiger partial charge is 0.269 e. The molecule has 2 aromatic rings. The molecule has 0 saturated carbocycles. The van der Waals surface area contributed by atoms with Gasteiger partial charge in [-0.1, -0.05) is 29.8 Å². The molecular weight excluding hydrogens is 368 g/mol. The number of carbonyl (C=O) groups excluding carboxylic acids is 2. The predicted octanol–water partition coefficient (Wildman–Crippen LogP) is 3.53. The number of amides is 2. The van der Waals surface area contributed by atoms with E-state index in [0.717, 1.165) is 5.56 Å². The maximum absolute atomic E-state index is 12.1. The lowest BCUT2D eigenvalue weighted by Crippen LogP contribution is -2.41. The van der Waals surface area contributed by atoms with Crippen LogP contribution in [0.5, 0.6) is 11.5 Å². The normalized spacial score (nSPS) is 10.5.